The highest BCUT2D eigenvalue weighted by Crippen LogP contribution is 2.37. The topological polar surface area (TPSA) is 105 Å². The van der Waals surface area contributed by atoms with Gasteiger partial charge in [-0.3, -0.25) is 4.21 Å². The fourth-order valence-corrected chi connectivity index (χ4v) is 2.50. The predicted octanol–water partition coefficient (Wildman–Crippen LogP) is 2.01. The summed E-state index contributed by atoms with van der Waals surface area (Å²) >= 11 is 1.29. The molecule has 2 amide bonds. The Balaban J connectivity index is 3.41. The van der Waals surface area contributed by atoms with Crippen molar-refractivity contribution in [2.45, 2.75) is 9.79 Å². The lowest BCUT2D eigenvalue weighted by molar-refractivity contribution is 0.255. The SMILES string of the molecule is CSc1cc(O)cc([S@@](C)=O)c1N=NC(N)=O. The normalized spacial score (nSPS) is 12.8. The summed E-state index contributed by atoms with van der Waals surface area (Å²) in [6.45, 7) is 0. The van der Waals surface area contributed by atoms with Crippen LogP contribution in [0.4, 0.5) is 10.5 Å². The van der Waals surface area contributed by atoms with Gasteiger partial charge in [-0.15, -0.1) is 16.9 Å². The number of nitrogens with two attached hydrogens (primary N) is 1. The summed E-state index contributed by atoms with van der Waals surface area (Å²) in [4.78, 5) is 11.4. The minimum atomic E-state index is -1.36. The maximum Gasteiger partial charge on any atom is 0.356 e. The zero-order valence-corrected chi connectivity index (χ0v) is 10.8. The van der Waals surface area contributed by atoms with Gasteiger partial charge >= 0.3 is 6.03 Å². The number of benzene rings is 1. The molecule has 0 fully saturated rings. The number of carbonyl (C=O) groups is 1. The molecular formula is C9H11N3O3S2. The van der Waals surface area contributed by atoms with Gasteiger partial charge in [0.05, 0.1) is 15.7 Å². The molecule has 6 nitrogen and oxygen atoms in total. The molecule has 1 atom stereocenters. The fraction of sp³-hybridized carbons (Fsp3) is 0.222. The lowest BCUT2D eigenvalue weighted by Gasteiger charge is -2.07. The van der Waals surface area contributed by atoms with Crippen LogP contribution in [0.15, 0.2) is 32.2 Å². The molecule has 0 heterocycles. The van der Waals surface area contributed by atoms with Crippen molar-refractivity contribution < 1.29 is 14.1 Å². The molecule has 0 bridgehead atoms. The van der Waals surface area contributed by atoms with Crippen LogP contribution in [-0.2, 0) is 10.8 Å². The second-order valence-corrected chi connectivity index (χ2v) is 5.18. The Labute approximate surface area is 105 Å². The fourth-order valence-electron chi connectivity index (χ4n) is 1.14. The van der Waals surface area contributed by atoms with Crippen molar-refractivity contribution in [3.63, 3.8) is 0 Å². The van der Waals surface area contributed by atoms with E-state index in [1.54, 1.807) is 6.26 Å². The molecule has 0 saturated heterocycles. The molecule has 0 aliphatic carbocycles. The molecule has 0 saturated carbocycles. The monoisotopic (exact) mass is 273 g/mol. The number of hydrogen-bond acceptors (Lipinski definition) is 5. The summed E-state index contributed by atoms with van der Waals surface area (Å²) < 4.78 is 11.5. The number of amides is 2. The Morgan fingerprint density at radius 3 is 2.65 bits per heavy atom. The average molecular weight is 273 g/mol. The number of phenolic OH excluding ortho intramolecular Hbond substituents is 1. The number of primary amides is 1. The van der Waals surface area contributed by atoms with E-state index >= 15 is 0 Å². The standard InChI is InChI=1S/C9H11N3O3S2/c1-16-6-3-5(13)4-7(17(2)15)8(6)11-12-9(10)14/h3-4,13H,1-2H3,(H2,10,14)/t17-/m1/s1. The Morgan fingerprint density at radius 1 is 1.53 bits per heavy atom. The van der Waals surface area contributed by atoms with Gasteiger partial charge in [-0.25, -0.2) is 4.79 Å². The molecule has 0 unspecified atom stereocenters. The lowest BCUT2D eigenvalue weighted by Crippen LogP contribution is -2.02. The number of aromatic hydroxyl groups is 1. The van der Waals surface area contributed by atoms with E-state index in [0.717, 1.165) is 0 Å². The van der Waals surface area contributed by atoms with Crippen molar-refractivity contribution in [1.82, 2.24) is 0 Å². The molecular weight excluding hydrogens is 262 g/mol. The summed E-state index contributed by atoms with van der Waals surface area (Å²) in [5.74, 6) is -0.0161. The smallest absolute Gasteiger partial charge is 0.356 e. The van der Waals surface area contributed by atoms with Gasteiger partial charge in [0, 0.05) is 11.2 Å². The quantitative estimate of drug-likeness (QED) is 0.649. The predicted molar refractivity (Wildman–Crippen MR) is 66.3 cm³/mol. The maximum atomic E-state index is 11.5. The van der Waals surface area contributed by atoms with Gasteiger partial charge in [-0.05, 0) is 18.4 Å². The zero-order valence-electron chi connectivity index (χ0n) is 9.21. The first-order valence-electron chi connectivity index (χ1n) is 4.41. The molecule has 8 heteroatoms. The van der Waals surface area contributed by atoms with Crippen molar-refractivity contribution in [2.75, 3.05) is 12.5 Å². The molecule has 1 aromatic rings. The highest BCUT2D eigenvalue weighted by molar-refractivity contribution is 7.98. The van der Waals surface area contributed by atoms with Crippen LogP contribution in [0.1, 0.15) is 0 Å². The Hall–Kier alpha value is -1.41. The summed E-state index contributed by atoms with van der Waals surface area (Å²) in [7, 11) is -1.36. The van der Waals surface area contributed by atoms with E-state index in [2.05, 4.69) is 10.2 Å². The number of azo groups is 1. The number of carbonyl (C=O) groups excluding carboxylic acids is 1. The second-order valence-electron chi connectivity index (χ2n) is 2.99. The van der Waals surface area contributed by atoms with Crippen molar-refractivity contribution in [1.29, 1.82) is 0 Å². The molecule has 3 N–H and O–H groups in total. The average Bonchev–Trinajstić information content (AvgIpc) is 2.25. The number of phenols is 1. The molecule has 1 rings (SSSR count). The van der Waals surface area contributed by atoms with Crippen molar-refractivity contribution in [3.05, 3.63) is 12.1 Å². The van der Waals surface area contributed by atoms with Gasteiger partial charge in [-0.1, -0.05) is 5.11 Å². The molecule has 0 spiro atoms. The van der Waals surface area contributed by atoms with Crippen molar-refractivity contribution >= 4 is 34.3 Å². The molecule has 0 aliphatic rings. The first-order valence-corrected chi connectivity index (χ1v) is 7.19. The van der Waals surface area contributed by atoms with Crippen LogP contribution in [0.3, 0.4) is 0 Å². The van der Waals surface area contributed by atoms with Crippen LogP contribution < -0.4 is 5.73 Å². The Kier molecular flexibility index (Phi) is 4.64. The molecule has 17 heavy (non-hydrogen) atoms. The van der Waals surface area contributed by atoms with Crippen LogP contribution in [0.5, 0.6) is 5.75 Å². The third-order valence-electron chi connectivity index (χ3n) is 1.80. The molecule has 0 aliphatic heterocycles. The van der Waals surface area contributed by atoms with Crippen LogP contribution in [0.2, 0.25) is 0 Å². The minimum absolute atomic E-state index is 0.0161. The van der Waals surface area contributed by atoms with E-state index < -0.39 is 16.8 Å². The van der Waals surface area contributed by atoms with E-state index in [-0.39, 0.29) is 11.4 Å². The number of urea groups is 1. The highest BCUT2D eigenvalue weighted by Gasteiger charge is 2.13. The van der Waals surface area contributed by atoms with Crippen molar-refractivity contribution in [3.8, 4) is 5.75 Å². The molecule has 0 aromatic heterocycles. The maximum absolute atomic E-state index is 11.5. The Bertz CT molecular complexity index is 503. The lowest BCUT2D eigenvalue weighted by atomic mass is 10.3. The summed E-state index contributed by atoms with van der Waals surface area (Å²) in [5.41, 5.74) is 5.14. The van der Waals surface area contributed by atoms with Gasteiger partial charge in [0.1, 0.15) is 11.4 Å². The number of thioether (sulfide) groups is 1. The second kappa shape index (κ2) is 5.78. The summed E-state index contributed by atoms with van der Waals surface area (Å²) in [5, 5.41) is 16.3. The van der Waals surface area contributed by atoms with E-state index in [9.17, 15) is 14.1 Å². The highest BCUT2D eigenvalue weighted by atomic mass is 32.2. The van der Waals surface area contributed by atoms with Crippen LogP contribution >= 0.6 is 11.8 Å². The summed E-state index contributed by atoms with van der Waals surface area (Å²) in [6.07, 6.45) is 3.21. The van der Waals surface area contributed by atoms with E-state index in [1.165, 1.54) is 30.2 Å². The largest absolute Gasteiger partial charge is 0.508 e. The van der Waals surface area contributed by atoms with Gasteiger partial charge in [0.25, 0.3) is 0 Å². The van der Waals surface area contributed by atoms with Crippen LogP contribution in [0, 0.1) is 0 Å². The van der Waals surface area contributed by atoms with E-state index in [1.807, 2.05) is 0 Å². The van der Waals surface area contributed by atoms with Gasteiger partial charge in [-0.2, -0.15) is 0 Å². The van der Waals surface area contributed by atoms with Gasteiger partial charge in [0.15, 0.2) is 0 Å². The Morgan fingerprint density at radius 2 is 2.18 bits per heavy atom. The van der Waals surface area contributed by atoms with Crippen LogP contribution in [0.25, 0.3) is 0 Å². The van der Waals surface area contributed by atoms with Crippen LogP contribution in [-0.4, -0.2) is 27.9 Å². The molecule has 0 radical (unpaired) electrons. The third-order valence-corrected chi connectivity index (χ3v) is 3.48. The van der Waals surface area contributed by atoms with E-state index in [4.69, 9.17) is 5.73 Å². The molecule has 1 aromatic carbocycles. The number of hydrogen-bond donors (Lipinski definition) is 2. The number of rotatable bonds is 3. The first-order chi connectivity index (χ1) is 7.95. The third kappa shape index (κ3) is 3.53. The van der Waals surface area contributed by atoms with Crippen molar-refractivity contribution in [2.24, 2.45) is 16.0 Å². The zero-order chi connectivity index (χ0) is 13.0. The minimum Gasteiger partial charge on any atom is -0.508 e. The van der Waals surface area contributed by atoms with E-state index in [0.29, 0.717) is 9.79 Å². The molecule has 92 valence electrons. The number of nitrogens with zero attached hydrogens (tertiary/aromatic N) is 2. The summed E-state index contributed by atoms with van der Waals surface area (Å²) in [6, 6.07) is 1.85. The van der Waals surface area contributed by atoms with Gasteiger partial charge in [0.2, 0.25) is 0 Å². The van der Waals surface area contributed by atoms with Gasteiger partial charge < -0.3 is 10.8 Å². The first kappa shape index (κ1) is 13.7.